The van der Waals surface area contributed by atoms with Crippen molar-refractivity contribution in [3.05, 3.63) is 23.1 Å². The molecule has 0 aliphatic carbocycles. The van der Waals surface area contributed by atoms with E-state index in [-0.39, 0.29) is 0 Å². The average molecular weight is 246 g/mol. The van der Waals surface area contributed by atoms with E-state index in [1.54, 1.807) is 0 Å². The van der Waals surface area contributed by atoms with Gasteiger partial charge in [-0.2, -0.15) is 0 Å². The summed E-state index contributed by atoms with van der Waals surface area (Å²) in [6, 6.07) is 1.27. The molecule has 0 unspecified atom stereocenters. The Labute approximate surface area is 100 Å². The third-order valence-electron chi connectivity index (χ3n) is 2.07. The smallest absolute Gasteiger partial charge is 0.167 e. The lowest BCUT2D eigenvalue weighted by Gasteiger charge is -2.25. The molecule has 1 aromatic heterocycles. The fraction of sp³-hybridized carbons (Fsp3) is 0.545. The van der Waals surface area contributed by atoms with Crippen LogP contribution in [0.4, 0.5) is 10.2 Å². The van der Waals surface area contributed by atoms with Crippen LogP contribution in [-0.2, 0) is 0 Å². The number of pyridine rings is 1. The molecule has 2 N–H and O–H groups in total. The highest BCUT2D eigenvalue weighted by molar-refractivity contribution is 6.30. The van der Waals surface area contributed by atoms with Crippen LogP contribution < -0.4 is 10.6 Å². The molecule has 0 aliphatic rings. The summed E-state index contributed by atoms with van der Waals surface area (Å²) in [6.07, 6.45) is 1.45. The number of nitrogens with zero attached hydrogens (tertiary/aromatic N) is 2. The van der Waals surface area contributed by atoms with Crippen LogP contribution in [0.3, 0.4) is 0 Å². The highest BCUT2D eigenvalue weighted by Crippen LogP contribution is 2.20. The van der Waals surface area contributed by atoms with E-state index < -0.39 is 5.82 Å². The molecule has 5 heteroatoms. The summed E-state index contributed by atoms with van der Waals surface area (Å²) < 4.78 is 13.6. The molecule has 90 valence electrons. The maximum absolute atomic E-state index is 13.6. The lowest BCUT2D eigenvalue weighted by atomic mass is 10.2. The highest BCUT2D eigenvalue weighted by atomic mass is 35.5. The van der Waals surface area contributed by atoms with E-state index in [1.807, 2.05) is 4.90 Å². The summed E-state index contributed by atoms with van der Waals surface area (Å²) >= 11 is 5.66. The van der Waals surface area contributed by atoms with Crippen LogP contribution >= 0.6 is 11.6 Å². The first-order valence-corrected chi connectivity index (χ1v) is 5.68. The molecule has 1 aromatic rings. The third kappa shape index (κ3) is 3.61. The first kappa shape index (κ1) is 13.2. The molecule has 1 heterocycles. The van der Waals surface area contributed by atoms with Crippen molar-refractivity contribution in [1.82, 2.24) is 4.98 Å². The molecule has 0 atom stereocenters. The molecule has 0 fully saturated rings. The molecule has 0 aromatic carbocycles. The molecule has 0 bridgehead atoms. The number of halogens is 2. The van der Waals surface area contributed by atoms with Crippen LogP contribution in [0.25, 0.3) is 0 Å². The minimum Gasteiger partial charge on any atom is -0.353 e. The minimum atomic E-state index is -0.401. The van der Waals surface area contributed by atoms with E-state index in [2.05, 4.69) is 18.8 Å². The van der Waals surface area contributed by atoms with E-state index in [0.29, 0.717) is 29.8 Å². The third-order valence-corrected chi connectivity index (χ3v) is 2.28. The van der Waals surface area contributed by atoms with Crippen LogP contribution in [0.5, 0.6) is 0 Å². The predicted molar refractivity (Wildman–Crippen MR) is 65.3 cm³/mol. The van der Waals surface area contributed by atoms with Crippen molar-refractivity contribution in [2.75, 3.05) is 24.5 Å². The molecular formula is C11H17ClFN3. The van der Waals surface area contributed by atoms with Gasteiger partial charge in [-0.3, -0.25) is 0 Å². The van der Waals surface area contributed by atoms with Crippen molar-refractivity contribution < 1.29 is 4.39 Å². The van der Waals surface area contributed by atoms with Crippen LogP contribution in [0, 0.1) is 11.7 Å². The van der Waals surface area contributed by atoms with Gasteiger partial charge in [-0.1, -0.05) is 25.4 Å². The Kier molecular flexibility index (Phi) is 4.96. The van der Waals surface area contributed by atoms with Gasteiger partial charge in [-0.25, -0.2) is 9.37 Å². The minimum absolute atomic E-state index is 0.304. The van der Waals surface area contributed by atoms with Gasteiger partial charge in [0.2, 0.25) is 0 Å². The van der Waals surface area contributed by atoms with Crippen LogP contribution in [-0.4, -0.2) is 24.6 Å². The lowest BCUT2D eigenvalue weighted by molar-refractivity contribution is 0.573. The molecule has 0 saturated carbocycles. The highest BCUT2D eigenvalue weighted by Gasteiger charge is 2.14. The number of rotatable bonds is 5. The molecule has 0 saturated heterocycles. The van der Waals surface area contributed by atoms with Gasteiger partial charge in [0.25, 0.3) is 0 Å². The fourth-order valence-electron chi connectivity index (χ4n) is 1.52. The van der Waals surface area contributed by atoms with Crippen molar-refractivity contribution in [2.24, 2.45) is 11.7 Å². The number of aromatic nitrogens is 1. The molecule has 0 amide bonds. The second-order valence-corrected chi connectivity index (χ2v) is 4.52. The number of nitrogens with two attached hydrogens (primary N) is 1. The predicted octanol–water partition coefficient (Wildman–Crippen LogP) is 2.30. The van der Waals surface area contributed by atoms with Gasteiger partial charge in [-0.05, 0) is 12.0 Å². The zero-order valence-corrected chi connectivity index (χ0v) is 10.3. The Bertz CT molecular complexity index is 344. The van der Waals surface area contributed by atoms with E-state index in [9.17, 15) is 4.39 Å². The van der Waals surface area contributed by atoms with E-state index >= 15 is 0 Å². The topological polar surface area (TPSA) is 42.1 Å². The van der Waals surface area contributed by atoms with Crippen molar-refractivity contribution in [1.29, 1.82) is 0 Å². The van der Waals surface area contributed by atoms with Gasteiger partial charge in [0.1, 0.15) is 0 Å². The zero-order chi connectivity index (χ0) is 12.1. The van der Waals surface area contributed by atoms with E-state index in [0.717, 1.165) is 6.54 Å². The van der Waals surface area contributed by atoms with Gasteiger partial charge in [0.05, 0.1) is 5.02 Å². The second kappa shape index (κ2) is 6.01. The standard InChI is InChI=1S/C11H17ClFN3/c1-8(2)7-16(4-3-14)11-10(13)5-9(12)6-15-11/h5-6,8H,3-4,7,14H2,1-2H3. The molecular weight excluding hydrogens is 229 g/mol. The van der Waals surface area contributed by atoms with Gasteiger partial charge in [0.15, 0.2) is 11.6 Å². The summed E-state index contributed by atoms with van der Waals surface area (Å²) in [6.45, 7) is 5.91. The monoisotopic (exact) mass is 245 g/mol. The maximum Gasteiger partial charge on any atom is 0.167 e. The van der Waals surface area contributed by atoms with Crippen molar-refractivity contribution in [3.8, 4) is 0 Å². The summed E-state index contributed by atoms with van der Waals surface area (Å²) in [5, 5.41) is 0.304. The Morgan fingerprint density at radius 3 is 2.75 bits per heavy atom. The van der Waals surface area contributed by atoms with Gasteiger partial charge in [0, 0.05) is 25.8 Å². The Balaban J connectivity index is 2.91. The largest absolute Gasteiger partial charge is 0.353 e. The van der Waals surface area contributed by atoms with Crippen LogP contribution in [0.1, 0.15) is 13.8 Å². The van der Waals surface area contributed by atoms with E-state index in [4.69, 9.17) is 17.3 Å². The van der Waals surface area contributed by atoms with Crippen molar-refractivity contribution >= 4 is 17.4 Å². The van der Waals surface area contributed by atoms with Gasteiger partial charge in [-0.15, -0.1) is 0 Å². The van der Waals surface area contributed by atoms with E-state index in [1.165, 1.54) is 12.3 Å². The second-order valence-electron chi connectivity index (χ2n) is 4.09. The first-order chi connectivity index (χ1) is 7.54. The summed E-state index contributed by atoms with van der Waals surface area (Å²) in [7, 11) is 0. The number of hydrogen-bond acceptors (Lipinski definition) is 3. The molecule has 3 nitrogen and oxygen atoms in total. The van der Waals surface area contributed by atoms with Gasteiger partial charge >= 0.3 is 0 Å². The average Bonchev–Trinajstić information content (AvgIpc) is 2.16. The molecule has 16 heavy (non-hydrogen) atoms. The van der Waals surface area contributed by atoms with Crippen LogP contribution in [0.2, 0.25) is 5.02 Å². The normalized spacial score (nSPS) is 10.9. The van der Waals surface area contributed by atoms with Crippen LogP contribution in [0.15, 0.2) is 12.3 Å². The number of hydrogen-bond donors (Lipinski definition) is 1. The quantitative estimate of drug-likeness (QED) is 0.866. The van der Waals surface area contributed by atoms with Crippen molar-refractivity contribution in [3.63, 3.8) is 0 Å². The maximum atomic E-state index is 13.6. The Morgan fingerprint density at radius 1 is 1.56 bits per heavy atom. The van der Waals surface area contributed by atoms with Gasteiger partial charge < -0.3 is 10.6 Å². The fourth-order valence-corrected chi connectivity index (χ4v) is 1.66. The number of anilines is 1. The lowest BCUT2D eigenvalue weighted by Crippen LogP contribution is -2.34. The summed E-state index contributed by atoms with van der Waals surface area (Å²) in [5.74, 6) is 0.341. The SMILES string of the molecule is CC(C)CN(CCN)c1ncc(Cl)cc1F. The Morgan fingerprint density at radius 2 is 2.25 bits per heavy atom. The van der Waals surface area contributed by atoms with Crippen molar-refractivity contribution in [2.45, 2.75) is 13.8 Å². The first-order valence-electron chi connectivity index (χ1n) is 5.30. The Hall–Kier alpha value is -0.870. The molecule has 0 aliphatic heterocycles. The molecule has 0 spiro atoms. The molecule has 0 radical (unpaired) electrons. The summed E-state index contributed by atoms with van der Waals surface area (Å²) in [5.41, 5.74) is 5.50. The summed E-state index contributed by atoms with van der Waals surface area (Å²) in [4.78, 5) is 5.86. The zero-order valence-electron chi connectivity index (χ0n) is 9.58. The molecule has 1 rings (SSSR count).